The third kappa shape index (κ3) is 4.24. The zero-order valence-electron chi connectivity index (χ0n) is 17.0. The number of carbonyl (C=O) groups excluding carboxylic acids is 2. The number of carbonyl (C=O) groups is 2. The van der Waals surface area contributed by atoms with Gasteiger partial charge in [-0.2, -0.15) is 5.10 Å². The second-order valence-electron chi connectivity index (χ2n) is 8.78. The van der Waals surface area contributed by atoms with Crippen molar-refractivity contribution in [2.24, 2.45) is 11.8 Å². The lowest BCUT2D eigenvalue weighted by Crippen LogP contribution is -2.47. The zero-order chi connectivity index (χ0) is 19.5. The highest BCUT2D eigenvalue weighted by atomic mass is 16.2. The first-order valence-corrected chi connectivity index (χ1v) is 11.0. The van der Waals surface area contributed by atoms with Gasteiger partial charge in [0.2, 0.25) is 5.91 Å². The molecule has 1 N–H and O–H groups in total. The molecule has 7 nitrogen and oxygen atoms in total. The molecular weight excluding hydrogens is 354 g/mol. The highest BCUT2D eigenvalue weighted by molar-refractivity contribution is 5.92. The van der Waals surface area contributed by atoms with Crippen LogP contribution in [0.2, 0.25) is 0 Å². The third-order valence-corrected chi connectivity index (χ3v) is 6.57. The van der Waals surface area contributed by atoms with Crippen molar-refractivity contribution in [2.75, 3.05) is 39.3 Å². The SMILES string of the molecule is CC1CCCN(C(=O)C2CCN(C(=O)c3ccn(C4CCCNC4)n3)CC2)C1. The normalized spacial score (nSPS) is 27.0. The monoisotopic (exact) mass is 387 g/mol. The summed E-state index contributed by atoms with van der Waals surface area (Å²) in [6, 6.07) is 2.18. The topological polar surface area (TPSA) is 70.5 Å². The summed E-state index contributed by atoms with van der Waals surface area (Å²) in [5, 5.41) is 7.94. The molecule has 3 fully saturated rings. The largest absolute Gasteiger partial charge is 0.342 e. The fourth-order valence-electron chi connectivity index (χ4n) is 4.85. The first-order valence-electron chi connectivity index (χ1n) is 11.0. The van der Waals surface area contributed by atoms with E-state index >= 15 is 0 Å². The van der Waals surface area contributed by atoms with Crippen molar-refractivity contribution in [2.45, 2.75) is 51.5 Å². The molecule has 0 bridgehead atoms. The Labute approximate surface area is 167 Å². The molecule has 2 unspecified atom stereocenters. The molecular formula is C21H33N5O2. The van der Waals surface area contributed by atoms with Crippen LogP contribution in [0.1, 0.15) is 62.0 Å². The maximum absolute atomic E-state index is 12.9. The fourth-order valence-corrected chi connectivity index (χ4v) is 4.85. The van der Waals surface area contributed by atoms with Gasteiger partial charge in [0.25, 0.3) is 5.91 Å². The second kappa shape index (κ2) is 8.64. The molecule has 0 saturated carbocycles. The molecule has 154 valence electrons. The Balaban J connectivity index is 1.30. The molecule has 3 aliphatic heterocycles. The minimum atomic E-state index is 0.0000114. The molecule has 28 heavy (non-hydrogen) atoms. The van der Waals surface area contributed by atoms with Gasteiger partial charge in [-0.3, -0.25) is 14.3 Å². The van der Waals surface area contributed by atoms with Gasteiger partial charge in [-0.25, -0.2) is 0 Å². The number of likely N-dealkylation sites (tertiary alicyclic amines) is 2. The molecule has 2 amide bonds. The second-order valence-corrected chi connectivity index (χ2v) is 8.78. The van der Waals surface area contributed by atoms with E-state index in [2.05, 4.69) is 22.2 Å². The Kier molecular flexibility index (Phi) is 5.99. The van der Waals surface area contributed by atoms with E-state index in [0.717, 1.165) is 58.3 Å². The zero-order valence-corrected chi connectivity index (χ0v) is 17.0. The summed E-state index contributed by atoms with van der Waals surface area (Å²) in [6.07, 6.45) is 8.05. The minimum Gasteiger partial charge on any atom is -0.342 e. The lowest BCUT2D eigenvalue weighted by molar-refractivity contribution is -0.138. The van der Waals surface area contributed by atoms with Crippen LogP contribution in [0.4, 0.5) is 0 Å². The van der Waals surface area contributed by atoms with Crippen molar-refractivity contribution in [3.05, 3.63) is 18.0 Å². The summed E-state index contributed by atoms with van der Waals surface area (Å²) < 4.78 is 1.94. The van der Waals surface area contributed by atoms with Crippen LogP contribution in [0.25, 0.3) is 0 Å². The van der Waals surface area contributed by atoms with Gasteiger partial charge >= 0.3 is 0 Å². The van der Waals surface area contributed by atoms with Gasteiger partial charge in [0.05, 0.1) is 6.04 Å². The van der Waals surface area contributed by atoms with Gasteiger partial charge in [-0.15, -0.1) is 0 Å². The third-order valence-electron chi connectivity index (χ3n) is 6.57. The van der Waals surface area contributed by atoms with Crippen LogP contribution in [0.3, 0.4) is 0 Å². The fraction of sp³-hybridized carbons (Fsp3) is 0.762. The molecule has 1 aromatic heterocycles. The van der Waals surface area contributed by atoms with Crippen molar-refractivity contribution >= 4 is 11.8 Å². The molecule has 0 aromatic carbocycles. The number of hydrogen-bond donors (Lipinski definition) is 1. The van der Waals surface area contributed by atoms with Crippen LogP contribution >= 0.6 is 0 Å². The lowest BCUT2D eigenvalue weighted by atomic mass is 9.92. The number of piperidine rings is 3. The van der Waals surface area contributed by atoms with Crippen LogP contribution in [0, 0.1) is 11.8 Å². The van der Waals surface area contributed by atoms with Gasteiger partial charge in [-0.1, -0.05) is 6.92 Å². The van der Waals surface area contributed by atoms with Crippen molar-refractivity contribution in [3.63, 3.8) is 0 Å². The summed E-state index contributed by atoms with van der Waals surface area (Å²) >= 11 is 0. The van der Waals surface area contributed by atoms with Gasteiger partial charge in [0.1, 0.15) is 5.69 Å². The van der Waals surface area contributed by atoms with Gasteiger partial charge in [0.15, 0.2) is 0 Å². The summed E-state index contributed by atoms with van der Waals surface area (Å²) in [7, 11) is 0. The Morgan fingerprint density at radius 1 is 1.07 bits per heavy atom. The van der Waals surface area contributed by atoms with E-state index in [0.29, 0.717) is 36.7 Å². The lowest BCUT2D eigenvalue weighted by Gasteiger charge is -2.37. The van der Waals surface area contributed by atoms with Gasteiger partial charge in [0, 0.05) is 44.8 Å². The highest BCUT2D eigenvalue weighted by Crippen LogP contribution is 2.24. The number of amides is 2. The van der Waals surface area contributed by atoms with Crippen LogP contribution in [-0.4, -0.2) is 70.7 Å². The maximum atomic E-state index is 12.9. The molecule has 1 aromatic rings. The molecule has 4 rings (SSSR count). The van der Waals surface area contributed by atoms with Crippen molar-refractivity contribution in [1.82, 2.24) is 24.9 Å². The number of rotatable bonds is 3. The smallest absolute Gasteiger partial charge is 0.274 e. The predicted octanol–water partition coefficient (Wildman–Crippen LogP) is 1.92. The Morgan fingerprint density at radius 2 is 1.89 bits per heavy atom. The molecule has 0 spiro atoms. The number of nitrogens with one attached hydrogen (secondary N) is 1. The Bertz CT molecular complexity index is 689. The average Bonchev–Trinajstić information content (AvgIpc) is 3.24. The summed E-state index contributed by atoms with van der Waals surface area (Å²) in [5.41, 5.74) is 0.528. The Morgan fingerprint density at radius 3 is 2.61 bits per heavy atom. The van der Waals surface area contributed by atoms with Gasteiger partial charge in [-0.05, 0) is 57.1 Å². The van der Waals surface area contributed by atoms with Gasteiger partial charge < -0.3 is 15.1 Å². The molecule has 0 radical (unpaired) electrons. The van der Waals surface area contributed by atoms with Crippen molar-refractivity contribution in [1.29, 1.82) is 0 Å². The van der Waals surface area contributed by atoms with Crippen molar-refractivity contribution in [3.8, 4) is 0 Å². The van der Waals surface area contributed by atoms with Crippen molar-refractivity contribution < 1.29 is 9.59 Å². The number of aromatic nitrogens is 2. The molecule has 7 heteroatoms. The summed E-state index contributed by atoms with van der Waals surface area (Å²) in [5.74, 6) is 0.974. The van der Waals surface area contributed by atoms with E-state index in [1.165, 1.54) is 6.42 Å². The van der Waals surface area contributed by atoms with Crippen LogP contribution in [0.15, 0.2) is 12.3 Å². The van der Waals surface area contributed by atoms with Crippen LogP contribution in [0.5, 0.6) is 0 Å². The quantitative estimate of drug-likeness (QED) is 0.860. The first-order chi connectivity index (χ1) is 13.6. The van der Waals surface area contributed by atoms with E-state index in [1.54, 1.807) is 0 Å². The number of nitrogens with zero attached hydrogens (tertiary/aromatic N) is 4. The van der Waals surface area contributed by atoms with E-state index in [4.69, 9.17) is 0 Å². The average molecular weight is 388 g/mol. The van der Waals surface area contributed by atoms with Crippen LogP contribution < -0.4 is 5.32 Å². The maximum Gasteiger partial charge on any atom is 0.274 e. The first kappa shape index (κ1) is 19.4. The van der Waals surface area contributed by atoms with E-state index < -0.39 is 0 Å². The molecule has 0 aliphatic carbocycles. The van der Waals surface area contributed by atoms with E-state index in [9.17, 15) is 9.59 Å². The predicted molar refractivity (Wildman–Crippen MR) is 107 cm³/mol. The summed E-state index contributed by atoms with van der Waals surface area (Å²) in [6.45, 7) is 7.29. The van der Waals surface area contributed by atoms with Crippen LogP contribution in [-0.2, 0) is 4.79 Å². The number of hydrogen-bond acceptors (Lipinski definition) is 4. The minimum absolute atomic E-state index is 0.0000114. The Hall–Kier alpha value is -1.89. The molecule has 2 atom stereocenters. The molecule has 3 saturated heterocycles. The van der Waals surface area contributed by atoms with E-state index in [1.807, 2.05) is 21.8 Å². The summed E-state index contributed by atoms with van der Waals surface area (Å²) in [4.78, 5) is 29.6. The highest BCUT2D eigenvalue weighted by Gasteiger charge is 2.32. The molecule has 4 heterocycles. The van der Waals surface area contributed by atoms with E-state index in [-0.39, 0.29) is 11.8 Å². The standard InChI is InChI=1S/C21H33N5O2/c1-16-4-3-10-25(15-16)20(27)17-6-11-24(12-7-17)21(28)19-8-13-26(23-19)18-5-2-9-22-14-18/h8,13,16-18,22H,2-7,9-12,14-15H2,1H3. The molecule has 3 aliphatic rings.